The number of benzene rings is 2. The molecule has 0 aliphatic heterocycles. The highest BCUT2D eigenvalue weighted by Crippen LogP contribution is 2.21. The van der Waals surface area contributed by atoms with Gasteiger partial charge in [-0.3, -0.25) is 4.79 Å². The number of amides is 1. The molecule has 152 valence electrons. The van der Waals surface area contributed by atoms with Crippen LogP contribution in [0.1, 0.15) is 28.5 Å². The van der Waals surface area contributed by atoms with Gasteiger partial charge in [0.2, 0.25) is 0 Å². The van der Waals surface area contributed by atoms with Crippen LogP contribution in [0.4, 0.5) is 8.78 Å². The van der Waals surface area contributed by atoms with Crippen LogP contribution in [0, 0.1) is 18.6 Å². The molecule has 0 spiro atoms. The number of rotatable bonds is 7. The van der Waals surface area contributed by atoms with Gasteiger partial charge >= 0.3 is 0 Å². The highest BCUT2D eigenvalue weighted by Gasteiger charge is 2.22. The van der Waals surface area contributed by atoms with Crippen molar-refractivity contribution in [2.45, 2.75) is 26.4 Å². The Balaban J connectivity index is 1.64. The van der Waals surface area contributed by atoms with E-state index in [9.17, 15) is 13.6 Å². The minimum absolute atomic E-state index is 0.00309. The molecule has 1 N–H and O–H groups in total. The van der Waals surface area contributed by atoms with Gasteiger partial charge in [0.1, 0.15) is 17.6 Å². The molecule has 1 atom stereocenters. The number of carbonyl (C=O) groups is 1. The van der Waals surface area contributed by atoms with Crippen molar-refractivity contribution < 1.29 is 18.3 Å². The molecule has 0 saturated heterocycles. The van der Waals surface area contributed by atoms with E-state index in [0.717, 1.165) is 17.7 Å². The zero-order valence-corrected chi connectivity index (χ0v) is 16.7. The third-order valence-corrected chi connectivity index (χ3v) is 4.61. The molecule has 29 heavy (non-hydrogen) atoms. The number of aromatic nitrogens is 2. The molecule has 1 heterocycles. The van der Waals surface area contributed by atoms with Gasteiger partial charge in [0.15, 0.2) is 11.6 Å². The van der Waals surface area contributed by atoms with E-state index in [1.807, 2.05) is 30.3 Å². The van der Waals surface area contributed by atoms with Crippen molar-refractivity contribution in [2.75, 3.05) is 6.61 Å². The number of halogens is 3. The number of aryl methyl sites for hydroxylation is 1. The Bertz CT molecular complexity index is 1010. The van der Waals surface area contributed by atoms with E-state index >= 15 is 0 Å². The smallest absolute Gasteiger partial charge is 0.256 e. The summed E-state index contributed by atoms with van der Waals surface area (Å²) in [5.41, 5.74) is 1.79. The van der Waals surface area contributed by atoms with Crippen LogP contribution in [0.2, 0.25) is 5.15 Å². The molecule has 0 aliphatic carbocycles. The largest absolute Gasteiger partial charge is 0.488 e. The Morgan fingerprint density at radius 2 is 1.97 bits per heavy atom. The van der Waals surface area contributed by atoms with Crippen LogP contribution < -0.4 is 10.1 Å². The fourth-order valence-electron chi connectivity index (χ4n) is 2.82. The van der Waals surface area contributed by atoms with Crippen molar-refractivity contribution in [3.05, 3.63) is 82.1 Å². The van der Waals surface area contributed by atoms with E-state index < -0.39 is 23.6 Å². The first kappa shape index (κ1) is 20.8. The highest BCUT2D eigenvalue weighted by molar-refractivity contribution is 6.33. The summed E-state index contributed by atoms with van der Waals surface area (Å²) >= 11 is 6.39. The normalized spacial score (nSPS) is 11.9. The van der Waals surface area contributed by atoms with Crippen LogP contribution in [0.5, 0.6) is 5.75 Å². The summed E-state index contributed by atoms with van der Waals surface area (Å²) in [7, 11) is 0. The lowest BCUT2D eigenvalue weighted by atomic mass is 10.2. The molecule has 0 aliphatic rings. The summed E-state index contributed by atoms with van der Waals surface area (Å²) in [4.78, 5) is 12.7. The average molecular weight is 420 g/mol. The van der Waals surface area contributed by atoms with Crippen molar-refractivity contribution in [1.29, 1.82) is 0 Å². The van der Waals surface area contributed by atoms with Crippen LogP contribution in [-0.4, -0.2) is 28.3 Å². The van der Waals surface area contributed by atoms with Gasteiger partial charge in [-0.15, -0.1) is 0 Å². The second-order valence-corrected chi connectivity index (χ2v) is 7.01. The van der Waals surface area contributed by atoms with Gasteiger partial charge in [-0.2, -0.15) is 5.10 Å². The minimum Gasteiger partial charge on any atom is -0.488 e. The van der Waals surface area contributed by atoms with Crippen molar-refractivity contribution in [2.24, 2.45) is 0 Å². The summed E-state index contributed by atoms with van der Waals surface area (Å²) in [5.74, 6) is -1.97. The third kappa shape index (κ3) is 5.12. The quantitative estimate of drug-likeness (QED) is 0.618. The van der Waals surface area contributed by atoms with Gasteiger partial charge in [0.25, 0.3) is 5.91 Å². The van der Waals surface area contributed by atoms with Gasteiger partial charge in [0, 0.05) is 6.07 Å². The summed E-state index contributed by atoms with van der Waals surface area (Å²) in [6, 6.07) is 12.2. The zero-order valence-electron chi connectivity index (χ0n) is 16.0. The number of ether oxygens (including phenoxy) is 1. The van der Waals surface area contributed by atoms with E-state index in [1.54, 1.807) is 18.5 Å². The Labute approximate surface area is 172 Å². The minimum atomic E-state index is -0.801. The van der Waals surface area contributed by atoms with Gasteiger partial charge in [-0.25, -0.2) is 13.5 Å². The van der Waals surface area contributed by atoms with Crippen LogP contribution in [-0.2, 0) is 6.54 Å². The molecule has 5 nitrogen and oxygen atoms in total. The molecular weight excluding hydrogens is 400 g/mol. The summed E-state index contributed by atoms with van der Waals surface area (Å²) < 4.78 is 33.5. The van der Waals surface area contributed by atoms with Gasteiger partial charge in [-0.1, -0.05) is 41.9 Å². The van der Waals surface area contributed by atoms with Gasteiger partial charge < -0.3 is 10.1 Å². The van der Waals surface area contributed by atoms with Gasteiger partial charge in [0.05, 0.1) is 23.8 Å². The third-order valence-electron chi connectivity index (χ3n) is 4.23. The van der Waals surface area contributed by atoms with Crippen molar-refractivity contribution in [1.82, 2.24) is 15.1 Å². The van der Waals surface area contributed by atoms with Crippen molar-refractivity contribution >= 4 is 17.5 Å². The number of nitrogens with one attached hydrogen (secondary N) is 1. The fourth-order valence-corrected chi connectivity index (χ4v) is 3.14. The molecule has 0 unspecified atom stereocenters. The van der Waals surface area contributed by atoms with Crippen LogP contribution in [0.3, 0.4) is 0 Å². The van der Waals surface area contributed by atoms with Crippen molar-refractivity contribution in [3.8, 4) is 5.75 Å². The second-order valence-electron chi connectivity index (χ2n) is 6.65. The van der Waals surface area contributed by atoms with Crippen LogP contribution in [0.25, 0.3) is 0 Å². The monoisotopic (exact) mass is 419 g/mol. The molecule has 3 rings (SSSR count). The lowest BCUT2D eigenvalue weighted by Gasteiger charge is -2.15. The number of hydrogen-bond acceptors (Lipinski definition) is 3. The van der Waals surface area contributed by atoms with Crippen LogP contribution >= 0.6 is 11.6 Å². The fraction of sp³-hybridized carbons (Fsp3) is 0.238. The number of hydrogen-bond donors (Lipinski definition) is 1. The molecule has 3 aromatic rings. The molecule has 0 radical (unpaired) electrons. The lowest BCUT2D eigenvalue weighted by Crippen LogP contribution is -2.37. The summed E-state index contributed by atoms with van der Waals surface area (Å²) in [6.45, 7) is 3.85. The maximum absolute atomic E-state index is 13.6. The molecule has 8 heteroatoms. The SMILES string of the molecule is Cc1nn(Cc2ccccc2)c(Cl)c1C(=O)N[C@@H](C)COc1ccc(F)cc1F. The Hall–Kier alpha value is -2.93. The van der Waals surface area contributed by atoms with Crippen molar-refractivity contribution in [3.63, 3.8) is 0 Å². The maximum Gasteiger partial charge on any atom is 0.256 e. The Morgan fingerprint density at radius 1 is 1.24 bits per heavy atom. The first-order valence-electron chi connectivity index (χ1n) is 9.00. The molecular formula is C21H20ClF2N3O2. The van der Waals surface area contributed by atoms with Crippen LogP contribution in [0.15, 0.2) is 48.5 Å². The molecule has 2 aromatic carbocycles. The maximum atomic E-state index is 13.6. The molecule has 0 bridgehead atoms. The molecule has 0 saturated carbocycles. The van der Waals surface area contributed by atoms with E-state index in [2.05, 4.69) is 10.4 Å². The van der Waals surface area contributed by atoms with E-state index in [-0.39, 0.29) is 23.1 Å². The Kier molecular flexibility index (Phi) is 6.49. The summed E-state index contributed by atoms with van der Waals surface area (Å²) in [5, 5.41) is 7.35. The predicted octanol–water partition coefficient (Wildman–Crippen LogP) is 4.37. The number of nitrogens with zero attached hydrogens (tertiary/aromatic N) is 2. The van der Waals surface area contributed by atoms with Gasteiger partial charge in [-0.05, 0) is 31.5 Å². The van der Waals surface area contributed by atoms with E-state index in [4.69, 9.17) is 16.3 Å². The lowest BCUT2D eigenvalue weighted by molar-refractivity contribution is 0.0925. The van der Waals surface area contributed by atoms with E-state index in [0.29, 0.717) is 12.2 Å². The highest BCUT2D eigenvalue weighted by atomic mass is 35.5. The molecule has 0 fully saturated rings. The molecule has 1 amide bonds. The Morgan fingerprint density at radius 3 is 2.66 bits per heavy atom. The summed E-state index contributed by atoms with van der Waals surface area (Å²) in [6.07, 6.45) is 0. The topological polar surface area (TPSA) is 56.2 Å². The average Bonchev–Trinajstić information content (AvgIpc) is 2.95. The zero-order chi connectivity index (χ0) is 21.0. The second kappa shape index (κ2) is 9.05. The first-order chi connectivity index (χ1) is 13.8. The standard InChI is InChI=1S/C21H20ClF2N3O2/c1-13(12-29-18-9-8-16(23)10-17(18)24)25-21(28)19-14(2)26-27(20(19)22)11-15-6-4-3-5-7-15/h3-10,13H,11-12H2,1-2H3,(H,25,28)/t13-/m0/s1. The molecule has 1 aromatic heterocycles. The first-order valence-corrected chi connectivity index (χ1v) is 9.38. The van der Waals surface area contributed by atoms with E-state index in [1.165, 1.54) is 6.07 Å². The predicted molar refractivity (Wildman–Crippen MR) is 106 cm³/mol. The number of carbonyl (C=O) groups excluding carboxylic acids is 1.